The number of carbonyl (C=O) groups is 2. The molecule has 10 nitrogen and oxygen atoms in total. The number of unbranched alkanes of at least 4 members (excludes halogenated alkanes) is 2. The van der Waals surface area contributed by atoms with E-state index in [4.69, 9.17) is 0 Å². The number of rotatable bonds is 18. The molecule has 0 saturated heterocycles. The van der Waals surface area contributed by atoms with Gasteiger partial charge in [-0.1, -0.05) is 60.7 Å². The topological polar surface area (TPSA) is 173 Å². The Hall–Kier alpha value is -2.06. The van der Waals surface area contributed by atoms with Gasteiger partial charge in [-0.2, -0.15) is 0 Å². The summed E-state index contributed by atoms with van der Waals surface area (Å²) >= 11 is 0. The summed E-state index contributed by atoms with van der Waals surface area (Å²) in [7, 11) is -6.99. The van der Waals surface area contributed by atoms with Crippen molar-refractivity contribution in [3.05, 3.63) is 85.0 Å². The third kappa shape index (κ3) is 12.5. The second-order valence-electron chi connectivity index (χ2n) is 14.9. The van der Waals surface area contributed by atoms with Gasteiger partial charge in [-0.25, -0.2) is 26.3 Å². The summed E-state index contributed by atoms with van der Waals surface area (Å²) in [5.41, 5.74) is 0. The number of sulfonamides is 2. The third-order valence-corrected chi connectivity index (χ3v) is 14.5. The zero-order valence-corrected chi connectivity index (χ0v) is 34.2. The van der Waals surface area contributed by atoms with Crippen LogP contribution in [0.15, 0.2) is 94.8 Å². The van der Waals surface area contributed by atoms with Gasteiger partial charge in [-0.05, 0) is 150 Å². The summed E-state index contributed by atoms with van der Waals surface area (Å²) < 4.78 is 56.7. The van der Waals surface area contributed by atoms with Crippen molar-refractivity contribution in [1.82, 2.24) is 9.44 Å². The van der Waals surface area contributed by atoms with Crippen LogP contribution in [0.2, 0.25) is 0 Å². The van der Waals surface area contributed by atoms with Crippen LogP contribution in [0, 0.1) is 35.5 Å². The summed E-state index contributed by atoms with van der Waals surface area (Å²) in [5, 5.41) is 20.8. The van der Waals surface area contributed by atoms with Crippen molar-refractivity contribution in [2.75, 3.05) is 0 Å². The van der Waals surface area contributed by atoms with Gasteiger partial charge in [0, 0.05) is 24.0 Å². The number of carboxylic acids is 2. The van der Waals surface area contributed by atoms with Crippen molar-refractivity contribution in [3.63, 3.8) is 0 Å². The van der Waals surface area contributed by atoms with Gasteiger partial charge >= 0.3 is 37.7 Å². The number of allylic oxidation sites excluding steroid dienone is 4. The molecule has 6 rings (SSSR count). The van der Waals surface area contributed by atoms with E-state index in [0.717, 1.165) is 51.4 Å². The Morgan fingerprint density at radius 2 is 0.943 bits per heavy atom. The summed E-state index contributed by atoms with van der Waals surface area (Å²) in [4.78, 5) is 21.5. The van der Waals surface area contributed by atoms with E-state index in [0.29, 0.717) is 58.1 Å². The molecule has 4 aliphatic rings. The fourth-order valence-corrected chi connectivity index (χ4v) is 11.8. The Labute approximate surface area is 345 Å². The van der Waals surface area contributed by atoms with Gasteiger partial charge in [-0.3, -0.25) is 0 Å². The molecule has 2 N–H and O–H groups in total. The van der Waals surface area contributed by atoms with Crippen molar-refractivity contribution in [2.24, 2.45) is 35.5 Å². The third-order valence-electron chi connectivity index (χ3n) is 11.5. The summed E-state index contributed by atoms with van der Waals surface area (Å²) in [5.74, 6) is 0.635. The molecule has 284 valence electrons. The van der Waals surface area contributed by atoms with E-state index < -0.39 is 32.0 Å². The first-order valence-electron chi connectivity index (χ1n) is 18.8. The second-order valence-corrected chi connectivity index (χ2v) is 18.3. The molecule has 4 saturated carbocycles. The SMILES string of the molecule is O=C([O-])CCC/C=C\C[C@H]1[C@@H]2CC[C@@H](C2)[C@@H]1NS(=O)(=O)c1ccccc1.O=C([O-])CCC/C=C\C[C@H]1[C@@H]2CC[C@@H](C2)[C@@H]1NS(=O)(=O)c1ccccc1.[Ca+2]. The number of fused-ring (bicyclic) bond motifs is 4. The molecule has 0 aliphatic heterocycles. The number of carboxylic acid groups (broad SMARTS) is 2. The van der Waals surface area contributed by atoms with Crippen LogP contribution in [0.4, 0.5) is 0 Å². The Morgan fingerprint density at radius 3 is 1.30 bits per heavy atom. The van der Waals surface area contributed by atoms with E-state index in [1.807, 2.05) is 24.3 Å². The number of carbonyl (C=O) groups excluding carboxylic acids is 2. The van der Waals surface area contributed by atoms with E-state index >= 15 is 0 Å². The van der Waals surface area contributed by atoms with Crippen LogP contribution in [0.5, 0.6) is 0 Å². The van der Waals surface area contributed by atoms with Gasteiger partial charge in [0.25, 0.3) is 0 Å². The van der Waals surface area contributed by atoms with Crippen LogP contribution in [-0.4, -0.2) is 78.6 Å². The molecule has 8 atom stereocenters. The summed E-state index contributed by atoms with van der Waals surface area (Å²) in [6.07, 6.45) is 19.4. The number of hydrogen-bond donors (Lipinski definition) is 2. The molecule has 2 aromatic carbocycles. The molecule has 0 heterocycles. The molecule has 0 aromatic heterocycles. The van der Waals surface area contributed by atoms with E-state index in [2.05, 4.69) is 21.6 Å². The summed E-state index contributed by atoms with van der Waals surface area (Å²) in [6.45, 7) is 0. The fourth-order valence-electron chi connectivity index (χ4n) is 9.03. The van der Waals surface area contributed by atoms with Gasteiger partial charge in [0.2, 0.25) is 20.0 Å². The van der Waals surface area contributed by atoms with E-state index in [1.165, 1.54) is 12.8 Å². The molecule has 0 radical (unpaired) electrons. The largest absolute Gasteiger partial charge is 2.00 e. The van der Waals surface area contributed by atoms with Crippen molar-refractivity contribution < 1.29 is 36.6 Å². The average Bonchev–Trinajstić information content (AvgIpc) is 3.92. The second kappa shape index (κ2) is 20.7. The fraction of sp³-hybridized carbons (Fsp3) is 0.550. The monoisotopic (exact) mass is 792 g/mol. The van der Waals surface area contributed by atoms with Crippen molar-refractivity contribution in [3.8, 4) is 0 Å². The maximum Gasteiger partial charge on any atom is 2.00 e. The Bertz CT molecular complexity index is 1630. The Kier molecular flexibility index (Phi) is 17.1. The minimum atomic E-state index is -3.49. The molecular weight excluding hydrogens is 741 g/mol. The minimum absolute atomic E-state index is 0. The quantitative estimate of drug-likeness (QED) is 0.129. The molecule has 4 aliphatic carbocycles. The van der Waals surface area contributed by atoms with Crippen molar-refractivity contribution >= 4 is 69.7 Å². The van der Waals surface area contributed by atoms with Crippen LogP contribution in [0.25, 0.3) is 0 Å². The van der Waals surface area contributed by atoms with Crippen LogP contribution < -0.4 is 19.7 Å². The summed E-state index contributed by atoms with van der Waals surface area (Å²) in [6, 6.07) is 17.1. The zero-order valence-electron chi connectivity index (χ0n) is 30.4. The average molecular weight is 793 g/mol. The standard InChI is InChI=1S/2C20H27NO4S.Ca/c2*22-19(23)11-7-2-1-6-10-18-15-12-13-16(14-15)20(18)21-26(24,25)17-8-4-3-5-9-17;/h2*1,3-6,8-9,15-16,18,20-21H,2,7,10-14H2,(H,22,23);/q;;+2/p-2/b2*6-1-;/t2*15-,16+,18+,20+;/m11./s1. The van der Waals surface area contributed by atoms with Crippen LogP contribution >= 0.6 is 0 Å². The molecule has 0 spiro atoms. The first-order chi connectivity index (χ1) is 24.9. The molecule has 4 fully saturated rings. The molecule has 0 amide bonds. The number of benzene rings is 2. The van der Waals surface area contributed by atoms with Gasteiger partial charge in [-0.15, -0.1) is 0 Å². The van der Waals surface area contributed by atoms with Crippen LogP contribution in [0.1, 0.15) is 89.9 Å². The maximum absolute atomic E-state index is 12.7. The Balaban J connectivity index is 0.000000232. The molecule has 2 aromatic rings. The minimum Gasteiger partial charge on any atom is -0.550 e. The number of hydrogen-bond acceptors (Lipinski definition) is 8. The Morgan fingerprint density at radius 1 is 0.585 bits per heavy atom. The zero-order chi connectivity index (χ0) is 37.1. The van der Waals surface area contributed by atoms with Gasteiger partial charge in [0.15, 0.2) is 0 Å². The van der Waals surface area contributed by atoms with E-state index in [9.17, 15) is 36.6 Å². The number of nitrogens with one attached hydrogen (secondary N) is 2. The first kappa shape index (κ1) is 43.7. The first-order valence-corrected chi connectivity index (χ1v) is 21.8. The van der Waals surface area contributed by atoms with Crippen molar-refractivity contribution in [2.45, 2.75) is 112 Å². The predicted octanol–water partition coefficient (Wildman–Crippen LogP) is 4.11. The molecule has 13 heteroatoms. The smallest absolute Gasteiger partial charge is 0.550 e. The predicted molar refractivity (Wildman–Crippen MR) is 201 cm³/mol. The van der Waals surface area contributed by atoms with Crippen LogP contribution in [0.3, 0.4) is 0 Å². The van der Waals surface area contributed by atoms with Gasteiger partial charge in [0.1, 0.15) is 0 Å². The molecule has 53 heavy (non-hydrogen) atoms. The maximum atomic E-state index is 12.7. The van der Waals surface area contributed by atoms with Gasteiger partial charge < -0.3 is 19.8 Å². The van der Waals surface area contributed by atoms with Crippen LogP contribution in [-0.2, 0) is 29.6 Å². The molecule has 4 bridgehead atoms. The normalized spacial score (nSPS) is 27.5. The molecular formula is C40H52CaN2O8S2. The van der Waals surface area contributed by atoms with E-state index in [-0.39, 0.29) is 62.7 Å². The van der Waals surface area contributed by atoms with Gasteiger partial charge in [0.05, 0.1) is 9.79 Å². The van der Waals surface area contributed by atoms with E-state index in [1.54, 1.807) is 48.5 Å². The number of aliphatic carboxylic acids is 2. The molecule has 0 unspecified atom stereocenters. The van der Waals surface area contributed by atoms with Crippen molar-refractivity contribution in [1.29, 1.82) is 0 Å².